The second-order valence-corrected chi connectivity index (χ2v) is 2.04. The zero-order valence-corrected chi connectivity index (χ0v) is 5.96. The Bertz CT molecular complexity index is 138. The predicted octanol–water partition coefficient (Wildman–Crippen LogP) is -0.545. The summed E-state index contributed by atoms with van der Waals surface area (Å²) in [5, 5.41) is 18.4. The molecule has 0 amide bonds. The maximum atomic E-state index is 10.1. The second kappa shape index (κ2) is 4.99. The van der Waals surface area contributed by atoms with E-state index in [2.05, 4.69) is 0 Å². The molecule has 0 aliphatic heterocycles. The summed E-state index contributed by atoms with van der Waals surface area (Å²) in [7, 11) is 0. The van der Waals surface area contributed by atoms with Crippen LogP contribution in [0.2, 0.25) is 0 Å². The molecule has 0 radical (unpaired) electrons. The molecule has 0 bridgehead atoms. The van der Waals surface area contributed by atoms with E-state index in [4.69, 9.17) is 5.11 Å². The van der Waals surface area contributed by atoms with Gasteiger partial charge in [-0.1, -0.05) is 6.08 Å². The standard InChI is InChI=1S/C7H12O3/c1-6(7(9)10)4-2-3-5-8/h4,8H,2-3,5H2,1H3,(H,9,10)/p-1/b6-4+. The van der Waals surface area contributed by atoms with Gasteiger partial charge >= 0.3 is 0 Å². The third-order valence-corrected chi connectivity index (χ3v) is 1.13. The largest absolute Gasteiger partial charge is 0.545 e. The molecule has 0 aromatic heterocycles. The van der Waals surface area contributed by atoms with Crippen molar-refractivity contribution in [3.05, 3.63) is 11.6 Å². The highest BCUT2D eigenvalue weighted by molar-refractivity contribution is 5.83. The molecule has 58 valence electrons. The van der Waals surface area contributed by atoms with Gasteiger partial charge in [-0.05, 0) is 25.3 Å². The first-order valence-corrected chi connectivity index (χ1v) is 3.17. The number of aliphatic carboxylic acids is 1. The van der Waals surface area contributed by atoms with Gasteiger partial charge in [-0.25, -0.2) is 0 Å². The summed E-state index contributed by atoms with van der Waals surface area (Å²) in [4.78, 5) is 10.1. The van der Waals surface area contributed by atoms with Crippen molar-refractivity contribution < 1.29 is 15.0 Å². The molecule has 3 heteroatoms. The van der Waals surface area contributed by atoms with Crippen molar-refractivity contribution >= 4 is 5.97 Å². The number of carboxylic acids is 1. The number of hydrogen-bond donors (Lipinski definition) is 1. The van der Waals surface area contributed by atoms with Crippen LogP contribution in [-0.2, 0) is 4.79 Å². The number of allylic oxidation sites excluding steroid dienone is 1. The molecule has 0 spiro atoms. The number of aliphatic hydroxyl groups is 1. The van der Waals surface area contributed by atoms with Crippen LogP contribution in [0.5, 0.6) is 0 Å². The van der Waals surface area contributed by atoms with E-state index in [0.29, 0.717) is 12.8 Å². The van der Waals surface area contributed by atoms with Gasteiger partial charge in [0.25, 0.3) is 0 Å². The van der Waals surface area contributed by atoms with Gasteiger partial charge in [0.05, 0.1) is 5.97 Å². The van der Waals surface area contributed by atoms with Gasteiger partial charge < -0.3 is 15.0 Å². The van der Waals surface area contributed by atoms with Crippen LogP contribution in [0.25, 0.3) is 0 Å². The summed E-state index contributed by atoms with van der Waals surface area (Å²) < 4.78 is 0. The summed E-state index contributed by atoms with van der Waals surface area (Å²) in [6.45, 7) is 1.57. The van der Waals surface area contributed by atoms with Crippen LogP contribution in [0.1, 0.15) is 19.8 Å². The van der Waals surface area contributed by atoms with Crippen molar-refractivity contribution in [3.8, 4) is 0 Å². The topological polar surface area (TPSA) is 60.4 Å². The first-order valence-electron chi connectivity index (χ1n) is 3.17. The van der Waals surface area contributed by atoms with Gasteiger partial charge in [0, 0.05) is 6.61 Å². The highest BCUT2D eigenvalue weighted by atomic mass is 16.4. The number of unbranched alkanes of at least 4 members (excludes halogenated alkanes) is 1. The predicted molar refractivity (Wildman–Crippen MR) is 35.1 cm³/mol. The highest BCUT2D eigenvalue weighted by Crippen LogP contribution is 1.95. The Balaban J connectivity index is 3.58. The molecular weight excluding hydrogens is 132 g/mol. The maximum absolute atomic E-state index is 10.1. The molecule has 0 aliphatic carbocycles. The highest BCUT2D eigenvalue weighted by Gasteiger charge is 1.87. The lowest BCUT2D eigenvalue weighted by atomic mass is 10.2. The molecule has 0 aliphatic rings. The lowest BCUT2D eigenvalue weighted by molar-refractivity contribution is -0.299. The van der Waals surface area contributed by atoms with Crippen LogP contribution < -0.4 is 5.11 Å². The van der Waals surface area contributed by atoms with Crippen LogP contribution in [-0.4, -0.2) is 17.7 Å². The van der Waals surface area contributed by atoms with Crippen molar-refractivity contribution in [3.63, 3.8) is 0 Å². The van der Waals surface area contributed by atoms with Crippen LogP contribution in [0.15, 0.2) is 11.6 Å². The fraction of sp³-hybridized carbons (Fsp3) is 0.571. The molecule has 10 heavy (non-hydrogen) atoms. The molecule has 0 rings (SSSR count). The summed E-state index contributed by atoms with van der Waals surface area (Å²) in [5.74, 6) is -1.14. The zero-order chi connectivity index (χ0) is 7.98. The van der Waals surface area contributed by atoms with E-state index in [9.17, 15) is 9.90 Å². The van der Waals surface area contributed by atoms with Crippen LogP contribution in [0.3, 0.4) is 0 Å². The zero-order valence-electron chi connectivity index (χ0n) is 5.96. The molecule has 0 heterocycles. The van der Waals surface area contributed by atoms with E-state index < -0.39 is 5.97 Å². The molecule has 0 saturated carbocycles. The molecule has 0 aromatic carbocycles. The average molecular weight is 143 g/mol. The van der Waals surface area contributed by atoms with E-state index in [1.165, 1.54) is 6.92 Å². The maximum Gasteiger partial charge on any atom is 0.0668 e. The van der Waals surface area contributed by atoms with Crippen molar-refractivity contribution in [2.75, 3.05) is 6.61 Å². The minimum atomic E-state index is -1.14. The first-order chi connectivity index (χ1) is 4.68. The Labute approximate surface area is 60.0 Å². The van der Waals surface area contributed by atoms with E-state index in [1.807, 2.05) is 0 Å². The van der Waals surface area contributed by atoms with Gasteiger partial charge in [-0.15, -0.1) is 0 Å². The minimum absolute atomic E-state index is 0.0941. The van der Waals surface area contributed by atoms with Crippen LogP contribution in [0.4, 0.5) is 0 Å². The van der Waals surface area contributed by atoms with E-state index in [1.54, 1.807) is 6.08 Å². The first kappa shape index (κ1) is 9.17. The number of carbonyl (C=O) groups excluding carboxylic acids is 1. The Kier molecular flexibility index (Phi) is 4.58. The Hall–Kier alpha value is -0.830. The molecule has 0 aromatic rings. The summed E-state index contributed by atoms with van der Waals surface area (Å²) in [5.41, 5.74) is 0.230. The quantitative estimate of drug-likeness (QED) is 0.424. The lowest BCUT2D eigenvalue weighted by Crippen LogP contribution is -2.22. The van der Waals surface area contributed by atoms with Crippen molar-refractivity contribution in [2.45, 2.75) is 19.8 Å². The lowest BCUT2D eigenvalue weighted by Gasteiger charge is -1.99. The fourth-order valence-electron chi connectivity index (χ4n) is 0.493. The normalized spacial score (nSPS) is 11.6. The fourth-order valence-corrected chi connectivity index (χ4v) is 0.493. The third kappa shape index (κ3) is 4.09. The summed E-state index contributed by atoms with van der Waals surface area (Å²) >= 11 is 0. The molecule has 0 fully saturated rings. The van der Waals surface area contributed by atoms with Crippen LogP contribution >= 0.6 is 0 Å². The van der Waals surface area contributed by atoms with Crippen molar-refractivity contribution in [1.29, 1.82) is 0 Å². The molecular formula is C7H11O3-. The summed E-state index contributed by atoms with van der Waals surface area (Å²) in [6, 6.07) is 0. The van der Waals surface area contributed by atoms with Crippen molar-refractivity contribution in [2.24, 2.45) is 0 Å². The Morgan fingerprint density at radius 2 is 2.30 bits per heavy atom. The van der Waals surface area contributed by atoms with E-state index >= 15 is 0 Å². The monoisotopic (exact) mass is 143 g/mol. The molecule has 1 N–H and O–H groups in total. The van der Waals surface area contributed by atoms with Crippen molar-refractivity contribution in [1.82, 2.24) is 0 Å². The number of rotatable bonds is 4. The van der Waals surface area contributed by atoms with Gasteiger partial charge in [0.15, 0.2) is 0 Å². The Morgan fingerprint density at radius 3 is 2.70 bits per heavy atom. The summed E-state index contributed by atoms with van der Waals surface area (Å²) in [6.07, 6.45) is 2.74. The number of carboxylic acid groups (broad SMARTS) is 1. The molecule has 0 unspecified atom stereocenters. The van der Waals surface area contributed by atoms with E-state index in [0.717, 1.165) is 0 Å². The number of aliphatic hydroxyl groups excluding tert-OH is 1. The number of carbonyl (C=O) groups is 1. The van der Waals surface area contributed by atoms with E-state index in [-0.39, 0.29) is 12.2 Å². The molecule has 0 atom stereocenters. The average Bonchev–Trinajstić information content (AvgIpc) is 1.88. The van der Waals surface area contributed by atoms with Gasteiger partial charge in [0.2, 0.25) is 0 Å². The SMILES string of the molecule is C/C(=C\CCCO)C(=O)[O-]. The van der Waals surface area contributed by atoms with Gasteiger partial charge in [-0.3, -0.25) is 0 Å². The number of hydrogen-bond acceptors (Lipinski definition) is 3. The molecule has 0 saturated heterocycles. The molecule has 3 nitrogen and oxygen atoms in total. The van der Waals surface area contributed by atoms with Crippen LogP contribution in [0, 0.1) is 0 Å². The van der Waals surface area contributed by atoms with Gasteiger partial charge in [-0.2, -0.15) is 0 Å². The Morgan fingerprint density at radius 1 is 1.70 bits per heavy atom. The smallest absolute Gasteiger partial charge is 0.0668 e. The van der Waals surface area contributed by atoms with Gasteiger partial charge in [0.1, 0.15) is 0 Å². The third-order valence-electron chi connectivity index (χ3n) is 1.13. The second-order valence-electron chi connectivity index (χ2n) is 2.04. The minimum Gasteiger partial charge on any atom is -0.545 e.